The average Bonchev–Trinajstić information content (AvgIpc) is 3.05. The van der Waals surface area contributed by atoms with Crippen LogP contribution in [0.15, 0.2) is 109 Å². The topological polar surface area (TPSA) is 96.0 Å². The van der Waals surface area contributed by atoms with Crippen molar-refractivity contribution in [2.45, 2.75) is 45.4 Å². The summed E-state index contributed by atoms with van der Waals surface area (Å²) in [6.07, 6.45) is 2.99. The monoisotopic (exact) mass is 661 g/mol. The van der Waals surface area contributed by atoms with Gasteiger partial charge in [-0.25, -0.2) is 8.42 Å². The Morgan fingerprint density at radius 1 is 0.848 bits per heavy atom. The van der Waals surface area contributed by atoms with E-state index in [4.69, 9.17) is 16.3 Å². The first-order chi connectivity index (χ1) is 22.1. The van der Waals surface area contributed by atoms with Crippen LogP contribution >= 0.6 is 11.6 Å². The maximum Gasteiger partial charge on any atom is 0.244 e. The highest BCUT2D eigenvalue weighted by Crippen LogP contribution is 2.24. The van der Waals surface area contributed by atoms with Gasteiger partial charge in [-0.15, -0.1) is 0 Å². The van der Waals surface area contributed by atoms with Crippen molar-refractivity contribution < 1.29 is 22.7 Å². The molecule has 0 radical (unpaired) electrons. The van der Waals surface area contributed by atoms with Crippen molar-refractivity contribution in [3.8, 4) is 5.75 Å². The lowest BCUT2D eigenvalue weighted by molar-refractivity contribution is -0.140. The zero-order valence-electron chi connectivity index (χ0n) is 26.1. The molecule has 0 fully saturated rings. The third-order valence-electron chi connectivity index (χ3n) is 7.39. The van der Waals surface area contributed by atoms with Crippen LogP contribution < -0.4 is 14.4 Å². The van der Waals surface area contributed by atoms with Crippen molar-refractivity contribution >= 4 is 39.1 Å². The number of unbranched alkanes of at least 4 members (excludes halogenated alkanes) is 1. The molecule has 2 amide bonds. The van der Waals surface area contributed by atoms with Gasteiger partial charge in [-0.2, -0.15) is 0 Å². The molecule has 0 aliphatic heterocycles. The van der Waals surface area contributed by atoms with Crippen LogP contribution in [0.1, 0.15) is 36.5 Å². The third kappa shape index (κ3) is 10.4. The fourth-order valence-electron chi connectivity index (χ4n) is 4.96. The summed E-state index contributed by atoms with van der Waals surface area (Å²) >= 11 is 6.28. The molecule has 46 heavy (non-hydrogen) atoms. The van der Waals surface area contributed by atoms with Gasteiger partial charge in [0.05, 0.1) is 11.9 Å². The number of carbonyl (C=O) groups is 2. The predicted octanol–water partition coefficient (Wildman–Crippen LogP) is 6.24. The summed E-state index contributed by atoms with van der Waals surface area (Å²) < 4.78 is 33.1. The minimum Gasteiger partial charge on any atom is -0.489 e. The third-order valence-corrected chi connectivity index (χ3v) is 8.77. The van der Waals surface area contributed by atoms with Crippen molar-refractivity contribution in [3.63, 3.8) is 0 Å². The maximum atomic E-state index is 14.2. The summed E-state index contributed by atoms with van der Waals surface area (Å²) in [5.74, 6) is -0.276. The largest absolute Gasteiger partial charge is 0.489 e. The van der Waals surface area contributed by atoms with E-state index < -0.39 is 28.5 Å². The first-order valence-electron chi connectivity index (χ1n) is 15.2. The highest BCUT2D eigenvalue weighted by molar-refractivity contribution is 7.92. The van der Waals surface area contributed by atoms with E-state index in [-0.39, 0.29) is 18.9 Å². The lowest BCUT2D eigenvalue weighted by Crippen LogP contribution is -2.53. The molecule has 242 valence electrons. The summed E-state index contributed by atoms with van der Waals surface area (Å²) in [6.45, 7) is 2.41. The molecule has 0 bridgehead atoms. The molecule has 4 aromatic carbocycles. The fraction of sp³-hybridized carbons (Fsp3) is 0.278. The van der Waals surface area contributed by atoms with Crippen LogP contribution in [0.5, 0.6) is 5.75 Å². The van der Waals surface area contributed by atoms with Gasteiger partial charge in [0.15, 0.2) is 0 Å². The fourth-order valence-corrected chi connectivity index (χ4v) is 6.02. The van der Waals surface area contributed by atoms with Crippen LogP contribution in [-0.4, -0.2) is 50.5 Å². The lowest BCUT2D eigenvalue weighted by atomic mass is 10.0. The van der Waals surface area contributed by atoms with Crippen LogP contribution in [0, 0.1) is 0 Å². The molecule has 0 aliphatic rings. The molecule has 0 spiro atoms. The Morgan fingerprint density at radius 2 is 1.48 bits per heavy atom. The lowest BCUT2D eigenvalue weighted by Gasteiger charge is -2.33. The minimum absolute atomic E-state index is 0.0575. The second-order valence-corrected chi connectivity index (χ2v) is 13.4. The first-order valence-corrected chi connectivity index (χ1v) is 17.5. The van der Waals surface area contributed by atoms with E-state index in [1.807, 2.05) is 73.7 Å². The number of anilines is 1. The van der Waals surface area contributed by atoms with Crippen molar-refractivity contribution in [3.05, 3.63) is 131 Å². The Hall–Kier alpha value is -4.34. The van der Waals surface area contributed by atoms with Gasteiger partial charge in [0, 0.05) is 24.5 Å². The minimum atomic E-state index is -3.89. The van der Waals surface area contributed by atoms with Gasteiger partial charge >= 0.3 is 0 Å². The van der Waals surface area contributed by atoms with E-state index in [1.54, 1.807) is 42.5 Å². The van der Waals surface area contributed by atoms with E-state index in [0.29, 0.717) is 35.2 Å². The molecule has 1 N–H and O–H groups in total. The predicted molar refractivity (Wildman–Crippen MR) is 183 cm³/mol. The number of hydrogen-bond acceptors (Lipinski definition) is 5. The highest BCUT2D eigenvalue weighted by Gasteiger charge is 2.33. The summed E-state index contributed by atoms with van der Waals surface area (Å²) in [6, 6.07) is 31.9. The van der Waals surface area contributed by atoms with Gasteiger partial charge in [-0.1, -0.05) is 97.7 Å². The number of nitrogens with one attached hydrogen (secondary N) is 1. The SMILES string of the molecule is CCCCNC(=O)[C@@H](Cc1ccccc1)N(Cc1cccc(Cl)c1)C(=O)CN(c1ccc(OCc2ccccc2)cc1)S(C)(=O)=O. The van der Waals surface area contributed by atoms with E-state index in [1.165, 1.54) is 4.90 Å². The van der Waals surface area contributed by atoms with Gasteiger partial charge < -0.3 is 15.0 Å². The normalized spacial score (nSPS) is 11.8. The number of halogens is 1. The number of amides is 2. The first kappa shape index (κ1) is 34.5. The van der Waals surface area contributed by atoms with Gasteiger partial charge in [0.1, 0.15) is 24.9 Å². The molecule has 4 rings (SSSR count). The quantitative estimate of drug-likeness (QED) is 0.143. The van der Waals surface area contributed by atoms with Gasteiger partial charge in [-0.3, -0.25) is 13.9 Å². The van der Waals surface area contributed by atoms with Crippen LogP contribution in [0.4, 0.5) is 5.69 Å². The molecule has 0 aliphatic carbocycles. The number of hydrogen-bond donors (Lipinski definition) is 1. The molecule has 0 aromatic heterocycles. The summed E-state index contributed by atoms with van der Waals surface area (Å²) in [7, 11) is -3.89. The number of nitrogens with zero attached hydrogens (tertiary/aromatic N) is 2. The molecule has 10 heteroatoms. The molecule has 0 heterocycles. The van der Waals surface area contributed by atoms with Crippen LogP contribution in [0.25, 0.3) is 0 Å². The van der Waals surface area contributed by atoms with Crippen molar-refractivity contribution in [1.82, 2.24) is 10.2 Å². The zero-order chi connectivity index (χ0) is 32.9. The molecule has 0 unspecified atom stereocenters. The molecule has 0 saturated heterocycles. The number of ether oxygens (including phenoxy) is 1. The summed E-state index contributed by atoms with van der Waals surface area (Å²) in [5, 5.41) is 3.47. The standard InChI is InChI=1S/C36H40ClN3O5S/c1-3-4-22-38-36(42)34(24-28-12-7-5-8-13-28)39(25-30-16-11-17-31(37)23-30)35(41)26-40(46(2,43)44)32-18-20-33(21-19-32)45-27-29-14-9-6-10-15-29/h5-21,23,34H,3-4,22,24-27H2,1-2H3,(H,38,42)/t34-/m1/s1. The molecular weight excluding hydrogens is 622 g/mol. The Balaban J connectivity index is 1.63. The van der Waals surface area contributed by atoms with E-state index in [0.717, 1.165) is 34.5 Å². The van der Waals surface area contributed by atoms with E-state index in [9.17, 15) is 18.0 Å². The van der Waals surface area contributed by atoms with Gasteiger partial charge in [0.2, 0.25) is 21.8 Å². The molecular formula is C36H40ClN3O5S. The molecule has 8 nitrogen and oxygen atoms in total. The van der Waals surface area contributed by atoms with Crippen LogP contribution in [0.3, 0.4) is 0 Å². The second kappa shape index (κ2) is 16.8. The van der Waals surface area contributed by atoms with E-state index >= 15 is 0 Å². The van der Waals surface area contributed by atoms with Crippen molar-refractivity contribution in [2.24, 2.45) is 0 Å². The maximum absolute atomic E-state index is 14.2. The van der Waals surface area contributed by atoms with Gasteiger partial charge in [-0.05, 0) is 59.5 Å². The van der Waals surface area contributed by atoms with Crippen LogP contribution in [-0.2, 0) is 39.2 Å². The number of carbonyl (C=O) groups excluding carboxylic acids is 2. The second-order valence-electron chi connectivity index (χ2n) is 11.0. The summed E-state index contributed by atoms with van der Waals surface area (Å²) in [5.41, 5.74) is 2.88. The molecule has 4 aromatic rings. The molecule has 0 saturated carbocycles. The summed E-state index contributed by atoms with van der Waals surface area (Å²) in [4.78, 5) is 29.4. The molecule has 1 atom stereocenters. The average molecular weight is 662 g/mol. The Labute approximate surface area is 277 Å². The number of benzene rings is 4. The smallest absolute Gasteiger partial charge is 0.244 e. The van der Waals surface area contributed by atoms with E-state index in [2.05, 4.69) is 5.32 Å². The van der Waals surface area contributed by atoms with Crippen LogP contribution in [0.2, 0.25) is 5.02 Å². The number of sulfonamides is 1. The Morgan fingerprint density at radius 3 is 2.09 bits per heavy atom. The van der Waals surface area contributed by atoms with Gasteiger partial charge in [0.25, 0.3) is 0 Å². The zero-order valence-corrected chi connectivity index (χ0v) is 27.7. The Bertz CT molecular complexity index is 1670. The Kier molecular flexibility index (Phi) is 12.6. The van der Waals surface area contributed by atoms with Crippen molar-refractivity contribution in [2.75, 3.05) is 23.7 Å². The number of rotatable bonds is 16. The van der Waals surface area contributed by atoms with Crippen molar-refractivity contribution in [1.29, 1.82) is 0 Å². The highest BCUT2D eigenvalue weighted by atomic mass is 35.5.